The van der Waals surface area contributed by atoms with Gasteiger partial charge in [-0.15, -0.1) is 0 Å². The van der Waals surface area contributed by atoms with Gasteiger partial charge in [-0.1, -0.05) is 0 Å². The first kappa shape index (κ1) is 19.8. The van der Waals surface area contributed by atoms with Crippen LogP contribution in [0.4, 0.5) is 0 Å². The van der Waals surface area contributed by atoms with Gasteiger partial charge in [-0.25, -0.2) is 15.0 Å². The molecule has 0 radical (unpaired) electrons. The normalized spacial score (nSPS) is 15.6. The molecule has 1 aliphatic rings. The van der Waals surface area contributed by atoms with E-state index in [0.717, 1.165) is 12.8 Å². The summed E-state index contributed by atoms with van der Waals surface area (Å²) < 4.78 is 7.04. The Bertz CT molecular complexity index is 1300. The summed E-state index contributed by atoms with van der Waals surface area (Å²) in [5, 5.41) is 3.05. The van der Waals surface area contributed by atoms with Crippen molar-refractivity contribution < 1.29 is 9.21 Å². The molecular weight excluding hydrogens is 408 g/mol. The maximum atomic E-state index is 13.1. The van der Waals surface area contributed by atoms with Crippen LogP contribution in [0.1, 0.15) is 41.5 Å². The van der Waals surface area contributed by atoms with Crippen molar-refractivity contribution in [3.8, 4) is 22.7 Å². The largest absolute Gasteiger partial charge is 0.464 e. The van der Waals surface area contributed by atoms with Gasteiger partial charge < -0.3 is 9.73 Å². The van der Waals surface area contributed by atoms with Crippen molar-refractivity contribution >= 4 is 5.91 Å². The number of fused-ring (bicyclic) bond motifs is 1. The van der Waals surface area contributed by atoms with Crippen LogP contribution in [0.15, 0.2) is 70.7 Å². The van der Waals surface area contributed by atoms with E-state index in [-0.39, 0.29) is 11.5 Å². The van der Waals surface area contributed by atoms with Crippen LogP contribution in [0, 0.1) is 0 Å². The molecule has 1 amide bonds. The van der Waals surface area contributed by atoms with E-state index in [1.807, 2.05) is 6.07 Å². The van der Waals surface area contributed by atoms with Gasteiger partial charge in [0.1, 0.15) is 17.9 Å². The highest BCUT2D eigenvalue weighted by atomic mass is 16.3. The first-order valence-corrected chi connectivity index (χ1v) is 10.4. The van der Waals surface area contributed by atoms with Crippen molar-refractivity contribution in [3.63, 3.8) is 0 Å². The van der Waals surface area contributed by atoms with E-state index in [4.69, 9.17) is 9.40 Å². The lowest BCUT2D eigenvalue weighted by atomic mass is 10.1. The number of carbonyl (C=O) groups is 1. The smallest absolute Gasteiger partial charge is 0.254 e. The monoisotopic (exact) mass is 428 g/mol. The zero-order chi connectivity index (χ0) is 21.9. The predicted octanol–water partition coefficient (Wildman–Crippen LogP) is 3.01. The van der Waals surface area contributed by atoms with Crippen LogP contribution < -0.4 is 10.9 Å². The van der Waals surface area contributed by atoms with E-state index in [9.17, 15) is 9.59 Å². The lowest BCUT2D eigenvalue weighted by Gasteiger charge is -2.19. The Labute approximate surface area is 183 Å². The second-order valence-electron chi connectivity index (χ2n) is 7.55. The number of aromatic nitrogens is 5. The van der Waals surface area contributed by atoms with E-state index >= 15 is 0 Å². The highest BCUT2D eigenvalue weighted by molar-refractivity contribution is 5.95. The minimum Gasteiger partial charge on any atom is -0.464 e. The molecule has 9 heteroatoms. The Morgan fingerprint density at radius 1 is 1.12 bits per heavy atom. The molecule has 4 aromatic heterocycles. The first-order chi connectivity index (χ1) is 15.7. The summed E-state index contributed by atoms with van der Waals surface area (Å²) in [6.45, 7) is 0.563. The fourth-order valence-electron chi connectivity index (χ4n) is 3.86. The number of furan rings is 1. The van der Waals surface area contributed by atoms with Crippen LogP contribution in [0.25, 0.3) is 22.7 Å². The molecule has 160 valence electrons. The summed E-state index contributed by atoms with van der Waals surface area (Å²) in [6.07, 6.45) is 10.1. The van der Waals surface area contributed by atoms with E-state index in [1.165, 1.54) is 18.6 Å². The minimum atomic E-state index is -0.410. The molecule has 0 aliphatic carbocycles. The van der Waals surface area contributed by atoms with Crippen molar-refractivity contribution in [2.75, 3.05) is 0 Å². The van der Waals surface area contributed by atoms with E-state index < -0.39 is 6.04 Å². The van der Waals surface area contributed by atoms with Crippen molar-refractivity contribution in [2.45, 2.75) is 31.8 Å². The van der Waals surface area contributed by atoms with Crippen LogP contribution in [0.5, 0.6) is 0 Å². The predicted molar refractivity (Wildman–Crippen MR) is 116 cm³/mol. The number of hydrogen-bond donors (Lipinski definition) is 1. The van der Waals surface area contributed by atoms with Gasteiger partial charge in [0.25, 0.3) is 11.5 Å². The molecule has 1 N–H and O–H groups in total. The molecule has 5 rings (SSSR count). The number of carbonyl (C=O) groups excluding carboxylic acids is 1. The van der Waals surface area contributed by atoms with Gasteiger partial charge in [-0.05, 0) is 43.5 Å². The lowest BCUT2D eigenvalue weighted by molar-refractivity contribution is 0.0932. The number of nitrogens with one attached hydrogen (secondary N) is 1. The summed E-state index contributed by atoms with van der Waals surface area (Å²) >= 11 is 0. The number of pyridine rings is 1. The summed E-state index contributed by atoms with van der Waals surface area (Å²) in [4.78, 5) is 42.9. The third kappa shape index (κ3) is 3.92. The molecular formula is C23H20N6O3. The highest BCUT2D eigenvalue weighted by Crippen LogP contribution is 2.25. The minimum absolute atomic E-state index is 0.161. The van der Waals surface area contributed by atoms with Crippen LogP contribution in [0.3, 0.4) is 0 Å². The van der Waals surface area contributed by atoms with Gasteiger partial charge in [-0.2, -0.15) is 0 Å². The van der Waals surface area contributed by atoms with Crippen molar-refractivity contribution in [2.24, 2.45) is 0 Å². The molecule has 1 unspecified atom stereocenters. The van der Waals surface area contributed by atoms with Crippen LogP contribution in [0.2, 0.25) is 0 Å². The summed E-state index contributed by atoms with van der Waals surface area (Å²) in [5.74, 6) is 0.882. The first-order valence-electron chi connectivity index (χ1n) is 10.4. The van der Waals surface area contributed by atoms with Gasteiger partial charge in [0, 0.05) is 36.8 Å². The van der Waals surface area contributed by atoms with Crippen LogP contribution in [-0.4, -0.2) is 30.4 Å². The zero-order valence-corrected chi connectivity index (χ0v) is 17.1. The number of nitrogens with zero attached hydrogens (tertiary/aromatic N) is 5. The molecule has 0 bridgehead atoms. The molecule has 0 aromatic carbocycles. The lowest BCUT2D eigenvalue weighted by Crippen LogP contribution is -2.34. The second kappa shape index (κ2) is 8.54. The van der Waals surface area contributed by atoms with Crippen molar-refractivity contribution in [3.05, 3.63) is 83.3 Å². The standard InChI is InChI=1S/C23H20N6O3/c30-21-11-19(17-6-7-24-14-26-17)27-22-18(4-1-2-8-29(21)22)28-23(31)16-10-15(12-25-13-16)20-5-3-9-32-20/h3,5-7,9-14,18H,1-2,4,8H2,(H,28,31). The van der Waals surface area contributed by atoms with Gasteiger partial charge in [0.05, 0.1) is 29.3 Å². The molecule has 1 atom stereocenters. The molecule has 0 saturated heterocycles. The Hall–Kier alpha value is -4.14. The van der Waals surface area contributed by atoms with Gasteiger partial charge in [0.15, 0.2) is 0 Å². The highest BCUT2D eigenvalue weighted by Gasteiger charge is 2.25. The van der Waals surface area contributed by atoms with Gasteiger partial charge in [0.2, 0.25) is 0 Å². The average molecular weight is 428 g/mol. The van der Waals surface area contributed by atoms with Gasteiger partial charge in [-0.3, -0.25) is 19.1 Å². The molecule has 1 aliphatic heterocycles. The fourth-order valence-corrected chi connectivity index (χ4v) is 3.86. The number of rotatable bonds is 4. The quantitative estimate of drug-likeness (QED) is 0.531. The van der Waals surface area contributed by atoms with E-state index in [0.29, 0.717) is 47.1 Å². The Morgan fingerprint density at radius 3 is 2.88 bits per heavy atom. The number of amides is 1. The fraction of sp³-hybridized carbons (Fsp3) is 0.217. The molecule has 4 aromatic rings. The SMILES string of the molecule is O=C(NC1CCCCn2c1nc(-c1ccncn1)cc2=O)c1cncc(-c2ccco2)c1. The number of hydrogen-bond acceptors (Lipinski definition) is 7. The Kier molecular flexibility index (Phi) is 5.29. The summed E-state index contributed by atoms with van der Waals surface area (Å²) in [6, 6.07) is 8.10. The Morgan fingerprint density at radius 2 is 2.06 bits per heavy atom. The van der Waals surface area contributed by atoms with Crippen molar-refractivity contribution in [1.82, 2.24) is 29.8 Å². The van der Waals surface area contributed by atoms with Crippen molar-refractivity contribution in [1.29, 1.82) is 0 Å². The topological polar surface area (TPSA) is 116 Å². The van der Waals surface area contributed by atoms with Crippen LogP contribution >= 0.6 is 0 Å². The molecule has 0 fully saturated rings. The molecule has 32 heavy (non-hydrogen) atoms. The van der Waals surface area contributed by atoms with E-state index in [2.05, 4.69) is 20.3 Å². The third-order valence-corrected chi connectivity index (χ3v) is 5.43. The van der Waals surface area contributed by atoms with E-state index in [1.54, 1.807) is 41.4 Å². The second-order valence-corrected chi connectivity index (χ2v) is 7.55. The summed E-state index contributed by atoms with van der Waals surface area (Å²) in [5.41, 5.74) is 1.98. The maximum Gasteiger partial charge on any atom is 0.254 e. The average Bonchev–Trinajstić information content (AvgIpc) is 3.29. The molecule has 0 spiro atoms. The maximum absolute atomic E-state index is 13.1. The zero-order valence-electron chi connectivity index (χ0n) is 17.1. The van der Waals surface area contributed by atoms with Gasteiger partial charge >= 0.3 is 0 Å². The Balaban J connectivity index is 1.48. The summed E-state index contributed by atoms with van der Waals surface area (Å²) in [7, 11) is 0. The van der Waals surface area contributed by atoms with Crippen LogP contribution in [-0.2, 0) is 6.54 Å². The molecule has 0 saturated carbocycles. The molecule has 9 nitrogen and oxygen atoms in total. The molecule has 5 heterocycles. The third-order valence-electron chi connectivity index (χ3n) is 5.43.